The van der Waals surface area contributed by atoms with Gasteiger partial charge in [-0.3, -0.25) is 9.59 Å². The zero-order chi connectivity index (χ0) is 18.9. The first kappa shape index (κ1) is 19.7. The fourth-order valence-corrected chi connectivity index (χ4v) is 2.66. The topological polar surface area (TPSA) is 97.0 Å². The van der Waals surface area contributed by atoms with Gasteiger partial charge >= 0.3 is 12.0 Å². The van der Waals surface area contributed by atoms with Gasteiger partial charge in [-0.1, -0.05) is 18.2 Å². The van der Waals surface area contributed by atoms with Crippen molar-refractivity contribution in [1.82, 2.24) is 10.2 Å². The Bertz CT molecular complexity index is 613. The van der Waals surface area contributed by atoms with E-state index in [1.807, 2.05) is 19.9 Å². The predicted octanol–water partition coefficient (Wildman–Crippen LogP) is 1.38. The molecule has 3 amide bonds. The molecule has 1 fully saturated rings. The van der Waals surface area contributed by atoms with Gasteiger partial charge < -0.3 is 25.0 Å². The second-order valence-electron chi connectivity index (χ2n) is 6.21. The summed E-state index contributed by atoms with van der Waals surface area (Å²) in [5.74, 6) is -0.775. The number of nitrogens with zero attached hydrogens (tertiary/aromatic N) is 1. The van der Waals surface area contributed by atoms with Gasteiger partial charge in [0.25, 0.3) is 5.91 Å². The van der Waals surface area contributed by atoms with Crippen LogP contribution in [0.1, 0.15) is 20.3 Å². The molecule has 1 heterocycles. The molecular formula is C18H25N3O5. The predicted molar refractivity (Wildman–Crippen MR) is 95.6 cm³/mol. The second-order valence-corrected chi connectivity index (χ2v) is 6.21. The number of hydrogen-bond acceptors (Lipinski definition) is 5. The molecule has 0 bridgehead atoms. The summed E-state index contributed by atoms with van der Waals surface area (Å²) in [6.45, 7) is 4.60. The molecule has 26 heavy (non-hydrogen) atoms. The molecule has 142 valence electrons. The molecule has 0 aromatic heterocycles. The molecule has 1 aliphatic heterocycles. The van der Waals surface area contributed by atoms with Crippen molar-refractivity contribution < 1.29 is 23.9 Å². The van der Waals surface area contributed by atoms with Crippen LogP contribution in [0, 0.1) is 0 Å². The van der Waals surface area contributed by atoms with Crippen LogP contribution >= 0.6 is 0 Å². The minimum absolute atomic E-state index is 0.00853. The first-order chi connectivity index (χ1) is 12.4. The smallest absolute Gasteiger partial charge is 0.319 e. The lowest BCUT2D eigenvalue weighted by molar-refractivity contribution is -0.157. The molecular weight excluding hydrogens is 338 g/mol. The van der Waals surface area contributed by atoms with Crippen molar-refractivity contribution in [2.24, 2.45) is 0 Å². The molecule has 1 aromatic rings. The molecule has 0 saturated carbocycles. The molecule has 2 N–H and O–H groups in total. The van der Waals surface area contributed by atoms with Crippen LogP contribution < -0.4 is 10.6 Å². The third-order valence-corrected chi connectivity index (χ3v) is 3.78. The standard InChI is InChI=1S/C18H25N3O5/c1-13-10-21(11-14(2)26-13)16(22)12-25-17(23)8-9-19-18(24)20-15-6-4-3-5-7-15/h3-7,13-14H,8-12H2,1-2H3,(H2,19,20,24)/t13-,14+. The van der Waals surface area contributed by atoms with Gasteiger partial charge in [-0.2, -0.15) is 0 Å². The summed E-state index contributed by atoms with van der Waals surface area (Å²) >= 11 is 0. The van der Waals surface area contributed by atoms with Crippen LogP contribution in [-0.2, 0) is 19.1 Å². The lowest BCUT2D eigenvalue weighted by Gasteiger charge is -2.35. The first-order valence-corrected chi connectivity index (χ1v) is 8.63. The number of para-hydroxylation sites is 1. The molecule has 2 rings (SSSR count). The molecule has 1 aromatic carbocycles. The van der Waals surface area contributed by atoms with Crippen LogP contribution in [0.4, 0.5) is 10.5 Å². The van der Waals surface area contributed by atoms with E-state index in [9.17, 15) is 14.4 Å². The lowest BCUT2D eigenvalue weighted by atomic mass is 10.2. The molecule has 0 unspecified atom stereocenters. The summed E-state index contributed by atoms with van der Waals surface area (Å²) < 4.78 is 10.5. The lowest BCUT2D eigenvalue weighted by Crippen LogP contribution is -2.49. The Kier molecular flexibility index (Phi) is 7.40. The number of hydrogen-bond donors (Lipinski definition) is 2. The van der Waals surface area contributed by atoms with E-state index >= 15 is 0 Å². The fourth-order valence-electron chi connectivity index (χ4n) is 2.66. The van der Waals surface area contributed by atoms with E-state index in [4.69, 9.17) is 9.47 Å². The summed E-state index contributed by atoms with van der Waals surface area (Å²) in [5.41, 5.74) is 0.659. The van der Waals surface area contributed by atoms with Gasteiger partial charge in [-0.15, -0.1) is 0 Å². The van der Waals surface area contributed by atoms with Crippen LogP contribution in [0.5, 0.6) is 0 Å². The maximum absolute atomic E-state index is 12.1. The van der Waals surface area contributed by atoms with Crippen LogP contribution in [0.3, 0.4) is 0 Å². The minimum Gasteiger partial charge on any atom is -0.456 e. The highest BCUT2D eigenvalue weighted by atomic mass is 16.5. The van der Waals surface area contributed by atoms with Gasteiger partial charge in [0.05, 0.1) is 18.6 Å². The van der Waals surface area contributed by atoms with E-state index in [0.29, 0.717) is 18.8 Å². The van der Waals surface area contributed by atoms with E-state index in [0.717, 1.165) is 0 Å². The Hall–Kier alpha value is -2.61. The number of morpholine rings is 1. The van der Waals surface area contributed by atoms with Crippen LogP contribution in [-0.4, -0.2) is 61.3 Å². The highest BCUT2D eigenvalue weighted by molar-refractivity contribution is 5.89. The summed E-state index contributed by atoms with van der Waals surface area (Å²) in [6, 6.07) is 8.56. The average Bonchev–Trinajstić information content (AvgIpc) is 2.59. The largest absolute Gasteiger partial charge is 0.456 e. The maximum atomic E-state index is 12.1. The third-order valence-electron chi connectivity index (χ3n) is 3.78. The second kappa shape index (κ2) is 9.76. The van der Waals surface area contributed by atoms with Gasteiger partial charge in [-0.25, -0.2) is 4.79 Å². The Labute approximate surface area is 152 Å². The van der Waals surface area contributed by atoms with E-state index in [2.05, 4.69) is 10.6 Å². The third kappa shape index (κ3) is 6.72. The van der Waals surface area contributed by atoms with E-state index in [1.54, 1.807) is 29.2 Å². The Morgan fingerprint density at radius 1 is 1.15 bits per heavy atom. The summed E-state index contributed by atoms with van der Waals surface area (Å²) in [6.07, 6.45) is -0.0813. The van der Waals surface area contributed by atoms with Gasteiger partial charge in [-0.05, 0) is 26.0 Å². The number of esters is 1. The van der Waals surface area contributed by atoms with Gasteiger partial charge in [0.15, 0.2) is 6.61 Å². The SMILES string of the molecule is C[C@@H]1CN(C(=O)COC(=O)CCNC(=O)Nc2ccccc2)C[C@H](C)O1. The highest BCUT2D eigenvalue weighted by Crippen LogP contribution is 2.10. The number of anilines is 1. The van der Waals surface area contributed by atoms with Crippen molar-refractivity contribution in [1.29, 1.82) is 0 Å². The number of nitrogens with one attached hydrogen (secondary N) is 2. The number of benzene rings is 1. The van der Waals surface area contributed by atoms with Crippen molar-refractivity contribution in [3.63, 3.8) is 0 Å². The van der Waals surface area contributed by atoms with E-state index in [1.165, 1.54) is 0 Å². The summed E-state index contributed by atoms with van der Waals surface area (Å²) in [4.78, 5) is 37.1. The van der Waals surface area contributed by atoms with Crippen molar-refractivity contribution in [3.05, 3.63) is 30.3 Å². The average molecular weight is 363 g/mol. The van der Waals surface area contributed by atoms with Crippen LogP contribution in [0.2, 0.25) is 0 Å². The zero-order valence-electron chi connectivity index (χ0n) is 15.1. The Morgan fingerprint density at radius 2 is 1.81 bits per heavy atom. The monoisotopic (exact) mass is 363 g/mol. The Morgan fingerprint density at radius 3 is 2.46 bits per heavy atom. The summed E-state index contributed by atoms with van der Waals surface area (Å²) in [5, 5.41) is 5.20. The minimum atomic E-state index is -0.535. The van der Waals surface area contributed by atoms with Gasteiger partial charge in [0.2, 0.25) is 0 Å². The molecule has 1 saturated heterocycles. The quantitative estimate of drug-likeness (QED) is 0.744. The molecule has 8 nitrogen and oxygen atoms in total. The maximum Gasteiger partial charge on any atom is 0.319 e. The van der Waals surface area contributed by atoms with Crippen molar-refractivity contribution in [2.75, 3.05) is 31.6 Å². The molecule has 2 atom stereocenters. The number of urea groups is 1. The van der Waals surface area contributed by atoms with Crippen molar-refractivity contribution >= 4 is 23.6 Å². The normalized spacial score (nSPS) is 19.5. The zero-order valence-corrected chi connectivity index (χ0v) is 15.1. The number of carbonyl (C=O) groups is 3. The van der Waals surface area contributed by atoms with Crippen LogP contribution in [0.25, 0.3) is 0 Å². The summed E-state index contributed by atoms with van der Waals surface area (Å²) in [7, 11) is 0. The number of amides is 3. The molecule has 0 radical (unpaired) electrons. The molecule has 0 aliphatic carbocycles. The number of carbonyl (C=O) groups excluding carboxylic acids is 3. The molecule has 8 heteroatoms. The Balaban J connectivity index is 1.61. The highest BCUT2D eigenvalue weighted by Gasteiger charge is 2.26. The van der Waals surface area contributed by atoms with E-state index in [-0.39, 0.29) is 37.7 Å². The fraction of sp³-hybridized carbons (Fsp3) is 0.500. The number of rotatable bonds is 6. The van der Waals surface area contributed by atoms with Gasteiger partial charge in [0.1, 0.15) is 0 Å². The van der Waals surface area contributed by atoms with Crippen LogP contribution in [0.15, 0.2) is 30.3 Å². The van der Waals surface area contributed by atoms with Crippen molar-refractivity contribution in [3.8, 4) is 0 Å². The number of ether oxygens (including phenoxy) is 2. The first-order valence-electron chi connectivity index (χ1n) is 8.63. The van der Waals surface area contributed by atoms with Gasteiger partial charge in [0, 0.05) is 25.3 Å². The van der Waals surface area contributed by atoms with Crippen molar-refractivity contribution in [2.45, 2.75) is 32.5 Å². The molecule has 1 aliphatic rings. The molecule has 0 spiro atoms. The van der Waals surface area contributed by atoms with E-state index < -0.39 is 12.0 Å².